The highest BCUT2D eigenvalue weighted by atomic mass is 32.1. The van der Waals surface area contributed by atoms with Crippen molar-refractivity contribution in [2.24, 2.45) is 0 Å². The summed E-state index contributed by atoms with van der Waals surface area (Å²) in [6.07, 6.45) is 4.75. The van der Waals surface area contributed by atoms with Gasteiger partial charge in [0.1, 0.15) is 16.4 Å². The third kappa shape index (κ3) is 3.46. The molecule has 0 aliphatic heterocycles. The van der Waals surface area contributed by atoms with Crippen molar-refractivity contribution in [3.05, 3.63) is 59.5 Å². The molecular formula is C16H12N4O2S. The number of hydrogen-bond acceptors (Lipinski definition) is 6. The van der Waals surface area contributed by atoms with E-state index in [-0.39, 0.29) is 11.7 Å². The summed E-state index contributed by atoms with van der Waals surface area (Å²) in [5, 5.41) is 5.05. The molecular weight excluding hydrogens is 312 g/mol. The number of rotatable bonds is 4. The Kier molecular flexibility index (Phi) is 4.20. The number of carbonyl (C=O) groups excluding carboxylic acids is 2. The quantitative estimate of drug-likeness (QED) is 0.746. The van der Waals surface area contributed by atoms with Gasteiger partial charge >= 0.3 is 0 Å². The van der Waals surface area contributed by atoms with Crippen molar-refractivity contribution in [2.45, 2.75) is 6.92 Å². The number of hydrogen-bond donors (Lipinski definition) is 1. The Hall–Kier alpha value is -2.93. The minimum Gasteiger partial charge on any atom is -0.321 e. The van der Waals surface area contributed by atoms with E-state index in [9.17, 15) is 9.59 Å². The van der Waals surface area contributed by atoms with E-state index < -0.39 is 0 Å². The number of nitrogens with zero attached hydrogens (tertiary/aromatic N) is 3. The van der Waals surface area contributed by atoms with Crippen LogP contribution in [0.25, 0.3) is 10.7 Å². The number of thiazole rings is 1. The lowest BCUT2D eigenvalue weighted by molar-refractivity contribution is 0.101. The molecule has 0 saturated heterocycles. The van der Waals surface area contributed by atoms with E-state index in [1.54, 1.807) is 48.2 Å². The molecule has 7 heteroatoms. The van der Waals surface area contributed by atoms with Gasteiger partial charge in [0, 0.05) is 29.0 Å². The average molecular weight is 324 g/mol. The molecule has 23 heavy (non-hydrogen) atoms. The lowest BCUT2D eigenvalue weighted by atomic mass is 10.1. The zero-order valence-electron chi connectivity index (χ0n) is 12.2. The topological polar surface area (TPSA) is 84.8 Å². The number of nitrogens with one attached hydrogen (secondary N) is 1. The first kappa shape index (κ1) is 15.0. The van der Waals surface area contributed by atoms with Crippen LogP contribution >= 0.6 is 11.3 Å². The van der Waals surface area contributed by atoms with Crippen LogP contribution in [0.4, 0.5) is 5.69 Å². The molecule has 0 fully saturated rings. The molecule has 0 saturated carbocycles. The normalized spacial score (nSPS) is 10.3. The monoisotopic (exact) mass is 324 g/mol. The molecule has 2 heterocycles. The van der Waals surface area contributed by atoms with Crippen LogP contribution in [0.3, 0.4) is 0 Å². The number of Topliss-reactive ketones (excluding diaryl/α,β-unsaturated/α-hetero) is 1. The predicted molar refractivity (Wildman–Crippen MR) is 87.5 cm³/mol. The van der Waals surface area contributed by atoms with Gasteiger partial charge in [-0.2, -0.15) is 0 Å². The largest absolute Gasteiger partial charge is 0.321 e. The van der Waals surface area contributed by atoms with Gasteiger partial charge in [-0.3, -0.25) is 19.6 Å². The molecule has 0 aliphatic rings. The lowest BCUT2D eigenvalue weighted by Gasteiger charge is -2.03. The van der Waals surface area contributed by atoms with Crippen molar-refractivity contribution < 1.29 is 9.59 Å². The lowest BCUT2D eigenvalue weighted by Crippen LogP contribution is -2.12. The summed E-state index contributed by atoms with van der Waals surface area (Å²) < 4.78 is 0. The summed E-state index contributed by atoms with van der Waals surface area (Å²) in [6, 6.07) is 6.71. The fourth-order valence-corrected chi connectivity index (χ4v) is 2.65. The second kappa shape index (κ2) is 6.45. The third-order valence-electron chi connectivity index (χ3n) is 3.07. The highest BCUT2D eigenvalue weighted by Crippen LogP contribution is 2.21. The van der Waals surface area contributed by atoms with Crippen LogP contribution in [0.1, 0.15) is 27.8 Å². The van der Waals surface area contributed by atoms with Crippen molar-refractivity contribution in [3.8, 4) is 10.7 Å². The van der Waals surface area contributed by atoms with E-state index >= 15 is 0 Å². The van der Waals surface area contributed by atoms with Gasteiger partial charge < -0.3 is 5.32 Å². The molecule has 0 atom stereocenters. The zero-order chi connectivity index (χ0) is 16.2. The van der Waals surface area contributed by atoms with Crippen LogP contribution in [0.2, 0.25) is 0 Å². The van der Waals surface area contributed by atoms with E-state index in [4.69, 9.17) is 0 Å². The zero-order valence-corrected chi connectivity index (χ0v) is 13.0. The third-order valence-corrected chi connectivity index (χ3v) is 3.93. The highest BCUT2D eigenvalue weighted by molar-refractivity contribution is 7.13. The number of anilines is 1. The van der Waals surface area contributed by atoms with Gasteiger partial charge in [-0.1, -0.05) is 0 Å². The average Bonchev–Trinajstić information content (AvgIpc) is 3.06. The Morgan fingerprint density at radius 1 is 1.13 bits per heavy atom. The first-order valence-electron chi connectivity index (χ1n) is 6.78. The number of ketones is 1. The molecule has 1 N–H and O–H groups in total. The molecule has 0 unspecified atom stereocenters. The summed E-state index contributed by atoms with van der Waals surface area (Å²) in [5.74, 6) is -0.331. The van der Waals surface area contributed by atoms with Crippen LogP contribution in [-0.2, 0) is 0 Å². The van der Waals surface area contributed by atoms with E-state index in [1.807, 2.05) is 0 Å². The van der Waals surface area contributed by atoms with E-state index in [0.717, 1.165) is 0 Å². The van der Waals surface area contributed by atoms with Gasteiger partial charge in [0.05, 0.1) is 6.20 Å². The minimum absolute atomic E-state index is 0.0176. The summed E-state index contributed by atoms with van der Waals surface area (Å²) in [4.78, 5) is 35.8. The second-order valence-corrected chi connectivity index (χ2v) is 5.57. The van der Waals surface area contributed by atoms with Crippen LogP contribution in [-0.4, -0.2) is 26.6 Å². The second-order valence-electron chi connectivity index (χ2n) is 4.72. The Morgan fingerprint density at radius 3 is 2.57 bits per heavy atom. The van der Waals surface area contributed by atoms with Gasteiger partial charge in [-0.15, -0.1) is 11.3 Å². The maximum atomic E-state index is 12.2. The van der Waals surface area contributed by atoms with Crippen LogP contribution in [0, 0.1) is 0 Å². The van der Waals surface area contributed by atoms with Crippen LogP contribution in [0.15, 0.2) is 48.2 Å². The highest BCUT2D eigenvalue weighted by Gasteiger charge is 2.13. The van der Waals surface area contributed by atoms with Gasteiger partial charge in [0.25, 0.3) is 5.91 Å². The van der Waals surface area contributed by atoms with Crippen molar-refractivity contribution >= 4 is 28.7 Å². The smallest absolute Gasteiger partial charge is 0.275 e. The molecule has 0 radical (unpaired) electrons. The van der Waals surface area contributed by atoms with Gasteiger partial charge in [-0.25, -0.2) is 4.98 Å². The Morgan fingerprint density at radius 2 is 1.91 bits per heavy atom. The molecule has 3 rings (SSSR count). The standard InChI is InChI=1S/C16H12N4O2S/c1-10(21)11-2-4-12(5-3-11)19-15(22)14-9-23-16(20-14)13-8-17-6-7-18-13/h2-9H,1H3,(H,19,22). The van der Waals surface area contributed by atoms with Gasteiger partial charge in [0.2, 0.25) is 0 Å². The molecule has 1 amide bonds. The molecule has 1 aromatic carbocycles. The number of carbonyl (C=O) groups is 2. The summed E-state index contributed by atoms with van der Waals surface area (Å²) >= 11 is 1.33. The van der Waals surface area contributed by atoms with Crippen molar-refractivity contribution in [1.29, 1.82) is 0 Å². The number of benzene rings is 1. The maximum absolute atomic E-state index is 12.2. The number of amides is 1. The molecule has 114 valence electrons. The molecule has 3 aromatic rings. The van der Waals surface area contributed by atoms with Crippen molar-refractivity contribution in [2.75, 3.05) is 5.32 Å². The fraction of sp³-hybridized carbons (Fsp3) is 0.0625. The van der Waals surface area contributed by atoms with Gasteiger partial charge in [0.15, 0.2) is 5.78 Å². The van der Waals surface area contributed by atoms with E-state index in [1.165, 1.54) is 18.3 Å². The molecule has 6 nitrogen and oxygen atoms in total. The summed E-state index contributed by atoms with van der Waals surface area (Å²) in [7, 11) is 0. The van der Waals surface area contributed by atoms with Crippen molar-refractivity contribution in [1.82, 2.24) is 15.0 Å². The Bertz CT molecular complexity index is 844. The summed E-state index contributed by atoms with van der Waals surface area (Å²) in [5.41, 5.74) is 2.14. The van der Waals surface area contributed by atoms with Crippen LogP contribution < -0.4 is 5.32 Å². The van der Waals surface area contributed by atoms with Crippen LogP contribution in [0.5, 0.6) is 0 Å². The minimum atomic E-state index is -0.313. The SMILES string of the molecule is CC(=O)c1ccc(NC(=O)c2csc(-c3cnccn3)n2)cc1. The fourth-order valence-electron chi connectivity index (χ4n) is 1.89. The van der Waals surface area contributed by atoms with Crippen molar-refractivity contribution in [3.63, 3.8) is 0 Å². The number of aromatic nitrogens is 3. The Balaban J connectivity index is 1.74. The molecule has 0 aliphatic carbocycles. The predicted octanol–water partition coefficient (Wildman–Crippen LogP) is 3.06. The summed E-state index contributed by atoms with van der Waals surface area (Å²) in [6.45, 7) is 1.50. The Labute approximate surface area is 136 Å². The van der Waals surface area contributed by atoms with Gasteiger partial charge in [-0.05, 0) is 31.2 Å². The van der Waals surface area contributed by atoms with E-state index in [0.29, 0.717) is 27.6 Å². The molecule has 0 bridgehead atoms. The molecule has 0 spiro atoms. The first-order valence-corrected chi connectivity index (χ1v) is 7.66. The maximum Gasteiger partial charge on any atom is 0.275 e. The molecule has 2 aromatic heterocycles. The first-order chi connectivity index (χ1) is 11.1. The van der Waals surface area contributed by atoms with E-state index in [2.05, 4.69) is 20.3 Å².